The lowest BCUT2D eigenvalue weighted by molar-refractivity contribution is -0.376. The second-order valence-electron chi connectivity index (χ2n) is 10.7. The average Bonchev–Trinajstić information content (AvgIpc) is 2.95. The Morgan fingerprint density at radius 2 is 1.18 bits per heavy atom. The molecule has 2 aliphatic rings. The predicted molar refractivity (Wildman–Crippen MR) is 143 cm³/mol. The van der Waals surface area contributed by atoms with E-state index in [0.717, 1.165) is 32.1 Å². The van der Waals surface area contributed by atoms with Crippen LogP contribution in [0.3, 0.4) is 0 Å². The molecule has 0 unspecified atom stereocenters. The van der Waals surface area contributed by atoms with Gasteiger partial charge in [-0.15, -0.1) is 0 Å². The van der Waals surface area contributed by atoms with Crippen LogP contribution in [0.25, 0.3) is 0 Å². The molecule has 0 aliphatic carbocycles. The van der Waals surface area contributed by atoms with E-state index in [1.165, 1.54) is 32.1 Å². The fourth-order valence-electron chi connectivity index (χ4n) is 4.71. The number of esters is 1. The summed E-state index contributed by atoms with van der Waals surface area (Å²) in [6, 6.07) is 0. The van der Waals surface area contributed by atoms with E-state index in [4.69, 9.17) is 18.9 Å². The first kappa shape index (κ1) is 35.0. The highest BCUT2D eigenvalue weighted by Gasteiger charge is 2.49. The summed E-state index contributed by atoms with van der Waals surface area (Å²) in [7, 11) is 0. The highest BCUT2D eigenvalue weighted by atomic mass is 16.8. The lowest BCUT2D eigenvalue weighted by atomic mass is 9.98. The van der Waals surface area contributed by atoms with Crippen LogP contribution in [0.5, 0.6) is 0 Å². The van der Waals surface area contributed by atoms with E-state index in [1.54, 1.807) is 0 Å². The molecule has 0 aromatic heterocycles. The molecule has 12 nitrogen and oxygen atoms in total. The van der Waals surface area contributed by atoms with Crippen molar-refractivity contribution in [2.45, 2.75) is 145 Å². The quantitative estimate of drug-likeness (QED) is 0.0673. The molecule has 40 heavy (non-hydrogen) atoms. The lowest BCUT2D eigenvalue weighted by Crippen LogP contribution is -2.63. The molecule has 2 aliphatic heterocycles. The van der Waals surface area contributed by atoms with E-state index in [9.17, 15) is 40.5 Å². The van der Waals surface area contributed by atoms with Crippen molar-refractivity contribution >= 4 is 5.97 Å². The van der Waals surface area contributed by atoms with Crippen LogP contribution in [0, 0.1) is 0 Å². The van der Waals surface area contributed by atoms with Crippen molar-refractivity contribution in [2.24, 2.45) is 0 Å². The summed E-state index contributed by atoms with van der Waals surface area (Å²) >= 11 is 0. The van der Waals surface area contributed by atoms with Crippen molar-refractivity contribution in [3.8, 4) is 0 Å². The zero-order valence-corrected chi connectivity index (χ0v) is 23.5. The summed E-state index contributed by atoms with van der Waals surface area (Å²) in [6.07, 6.45) is 0.855. The van der Waals surface area contributed by atoms with Crippen LogP contribution >= 0.6 is 0 Å². The summed E-state index contributed by atoms with van der Waals surface area (Å²) in [4.78, 5) is 12.2. The molecule has 2 heterocycles. The maximum absolute atomic E-state index is 12.2. The standard InChI is InChI=1S/C28H50O12/c1-2-3-4-5-6-7-8-9-10-11-12-13-14-15-20(30)37-17-19-22(32)24(34)26(36)28(39-19)40-27-25(35)23(33)21(31)18(16-29)38-27/h8-9,18-19,21-29,31-36H,2-7,10-17H2,1H3/b9-8-/t18-,19-,21-,22-,23+,24+,25-,26-,27-,28-/m1/s1. The van der Waals surface area contributed by atoms with Gasteiger partial charge in [0.1, 0.15) is 55.4 Å². The molecular formula is C28H50O12. The molecule has 12 heteroatoms. The minimum Gasteiger partial charge on any atom is -0.463 e. The van der Waals surface area contributed by atoms with Crippen molar-refractivity contribution in [3.05, 3.63) is 12.2 Å². The summed E-state index contributed by atoms with van der Waals surface area (Å²) in [6.45, 7) is 1.11. The molecule has 0 saturated carbocycles. The number of rotatable bonds is 18. The lowest BCUT2D eigenvalue weighted by Gasteiger charge is -2.44. The van der Waals surface area contributed by atoms with Crippen LogP contribution in [0.4, 0.5) is 0 Å². The summed E-state index contributed by atoms with van der Waals surface area (Å²) in [5.41, 5.74) is 0. The molecule has 0 spiro atoms. The Morgan fingerprint density at radius 1 is 0.675 bits per heavy atom. The molecule has 0 aromatic rings. The molecule has 2 saturated heterocycles. The van der Waals surface area contributed by atoms with Gasteiger partial charge in [0, 0.05) is 6.42 Å². The highest BCUT2D eigenvalue weighted by molar-refractivity contribution is 5.69. The Kier molecular flexibility index (Phi) is 16.7. The van der Waals surface area contributed by atoms with Crippen LogP contribution in [0.15, 0.2) is 12.2 Å². The minimum atomic E-state index is -1.77. The molecule has 10 atom stereocenters. The molecule has 234 valence electrons. The third kappa shape index (κ3) is 11.2. The molecule has 7 N–H and O–H groups in total. The largest absolute Gasteiger partial charge is 0.463 e. The number of unbranched alkanes of at least 4 members (excludes halogenated alkanes) is 9. The second-order valence-corrected chi connectivity index (χ2v) is 10.7. The minimum absolute atomic E-state index is 0.187. The number of hydrogen-bond acceptors (Lipinski definition) is 12. The third-order valence-electron chi connectivity index (χ3n) is 7.34. The van der Waals surface area contributed by atoms with Gasteiger partial charge in [-0.1, -0.05) is 57.6 Å². The first-order valence-electron chi connectivity index (χ1n) is 14.7. The number of ether oxygens (including phenoxy) is 4. The van der Waals surface area contributed by atoms with E-state index in [0.29, 0.717) is 6.42 Å². The van der Waals surface area contributed by atoms with Crippen molar-refractivity contribution in [1.29, 1.82) is 0 Å². The van der Waals surface area contributed by atoms with Crippen molar-refractivity contribution < 1.29 is 59.5 Å². The van der Waals surface area contributed by atoms with Gasteiger partial charge in [0.05, 0.1) is 6.61 Å². The van der Waals surface area contributed by atoms with E-state index in [1.807, 2.05) is 0 Å². The van der Waals surface area contributed by atoms with E-state index >= 15 is 0 Å². The molecular weight excluding hydrogens is 528 g/mol. The first-order chi connectivity index (χ1) is 19.2. The summed E-state index contributed by atoms with van der Waals surface area (Å²) in [5.74, 6) is -0.495. The number of carbonyl (C=O) groups excluding carboxylic acids is 1. The molecule has 2 fully saturated rings. The van der Waals surface area contributed by atoms with E-state index in [2.05, 4.69) is 19.1 Å². The van der Waals surface area contributed by atoms with Gasteiger partial charge < -0.3 is 54.7 Å². The van der Waals surface area contributed by atoms with Gasteiger partial charge in [-0.3, -0.25) is 4.79 Å². The number of allylic oxidation sites excluding steroid dienone is 2. The summed E-state index contributed by atoms with van der Waals surface area (Å²) < 4.78 is 21.3. The van der Waals surface area contributed by atoms with Gasteiger partial charge in [0.15, 0.2) is 12.6 Å². The highest BCUT2D eigenvalue weighted by Crippen LogP contribution is 2.28. The average molecular weight is 579 g/mol. The van der Waals surface area contributed by atoms with Crippen LogP contribution in [0.1, 0.15) is 84.0 Å². The Balaban J connectivity index is 1.66. The van der Waals surface area contributed by atoms with E-state index < -0.39 is 80.6 Å². The normalized spacial score (nSPS) is 34.8. The van der Waals surface area contributed by atoms with Gasteiger partial charge in [-0.05, 0) is 32.1 Å². The molecule has 0 radical (unpaired) electrons. The van der Waals surface area contributed by atoms with Crippen LogP contribution < -0.4 is 0 Å². The fraction of sp³-hybridized carbons (Fsp3) is 0.893. The zero-order chi connectivity index (χ0) is 29.5. The maximum atomic E-state index is 12.2. The van der Waals surface area contributed by atoms with Gasteiger partial charge in [-0.2, -0.15) is 0 Å². The smallest absolute Gasteiger partial charge is 0.305 e. The number of carbonyl (C=O) groups is 1. The zero-order valence-electron chi connectivity index (χ0n) is 23.5. The van der Waals surface area contributed by atoms with Crippen molar-refractivity contribution in [3.63, 3.8) is 0 Å². The predicted octanol–water partition coefficient (Wildman–Crippen LogP) is 0.411. The van der Waals surface area contributed by atoms with Crippen LogP contribution in [0.2, 0.25) is 0 Å². The first-order valence-corrected chi connectivity index (χ1v) is 14.7. The Hall–Kier alpha value is -1.19. The topological polar surface area (TPSA) is 196 Å². The van der Waals surface area contributed by atoms with Crippen molar-refractivity contribution in [1.82, 2.24) is 0 Å². The van der Waals surface area contributed by atoms with Gasteiger partial charge >= 0.3 is 5.97 Å². The third-order valence-corrected chi connectivity index (χ3v) is 7.34. The summed E-state index contributed by atoms with van der Waals surface area (Å²) in [5, 5.41) is 70.1. The number of aliphatic hydroxyl groups is 7. The Labute approximate surface area is 236 Å². The molecule has 2 rings (SSSR count). The van der Waals surface area contributed by atoms with Gasteiger partial charge in [0.2, 0.25) is 0 Å². The van der Waals surface area contributed by atoms with Crippen LogP contribution in [-0.2, 0) is 23.7 Å². The van der Waals surface area contributed by atoms with Crippen molar-refractivity contribution in [2.75, 3.05) is 13.2 Å². The molecule has 0 aromatic carbocycles. The molecule has 0 bridgehead atoms. The van der Waals surface area contributed by atoms with E-state index in [-0.39, 0.29) is 6.42 Å². The second kappa shape index (κ2) is 19.1. The fourth-order valence-corrected chi connectivity index (χ4v) is 4.71. The molecule has 0 amide bonds. The van der Waals surface area contributed by atoms with Crippen LogP contribution in [-0.4, -0.2) is 116 Å². The Bertz CT molecular complexity index is 719. The SMILES string of the molecule is CCCCCCC/C=C\CCCCCCC(=O)OC[C@H]1O[C@H](O[C@H]2O[C@H](CO)[C@@H](O)[C@H](O)[C@H]2O)[C@H](O)[C@@H](O)[C@@H]1O. The Morgan fingerprint density at radius 3 is 1.73 bits per heavy atom. The number of hydrogen-bond donors (Lipinski definition) is 7. The maximum Gasteiger partial charge on any atom is 0.305 e. The van der Waals surface area contributed by atoms with Gasteiger partial charge in [-0.25, -0.2) is 0 Å². The number of aliphatic hydroxyl groups excluding tert-OH is 7. The monoisotopic (exact) mass is 578 g/mol. The van der Waals surface area contributed by atoms with Gasteiger partial charge in [0.25, 0.3) is 0 Å².